The maximum absolute atomic E-state index is 11.2. The molecule has 0 spiro atoms. The molecule has 0 bridgehead atoms. The Morgan fingerprint density at radius 3 is 2.53 bits per heavy atom. The van der Waals surface area contributed by atoms with E-state index in [9.17, 15) is 4.91 Å². The molecule has 0 amide bonds. The lowest BCUT2D eigenvalue weighted by Crippen LogP contribution is -2.66. The van der Waals surface area contributed by atoms with Gasteiger partial charge in [-0.1, -0.05) is 70.7 Å². The lowest BCUT2D eigenvalue weighted by atomic mass is 9.44. The monoisotopic (exact) mass is 414 g/mol. The molecule has 0 aliphatic heterocycles. The van der Waals surface area contributed by atoms with E-state index in [1.807, 2.05) is 0 Å². The average Bonchev–Trinajstić information content (AvgIpc) is 3.05. The topological polar surface area (TPSA) is 55.4 Å². The van der Waals surface area contributed by atoms with Crippen molar-refractivity contribution in [3.63, 3.8) is 0 Å². The normalized spacial score (nSPS) is 46.6. The zero-order valence-electron chi connectivity index (χ0n) is 20.3. The lowest BCUT2D eigenvalue weighted by Gasteiger charge is -2.63. The first-order chi connectivity index (χ1) is 14.1. The summed E-state index contributed by atoms with van der Waals surface area (Å²) >= 11 is 0. The van der Waals surface area contributed by atoms with Crippen LogP contribution in [0.25, 0.3) is 0 Å². The van der Waals surface area contributed by atoms with Crippen LogP contribution in [-0.4, -0.2) is 11.6 Å². The summed E-state index contributed by atoms with van der Waals surface area (Å²) in [7, 11) is 0. The molecule has 2 unspecified atom stereocenters. The highest BCUT2D eigenvalue weighted by Crippen LogP contribution is 2.68. The van der Waals surface area contributed by atoms with Gasteiger partial charge in [0.25, 0.3) is 0 Å². The average molecular weight is 415 g/mol. The summed E-state index contributed by atoms with van der Waals surface area (Å²) in [5, 5.41) is 3.40. The van der Waals surface area contributed by atoms with Crippen molar-refractivity contribution in [2.45, 2.75) is 117 Å². The molecule has 8 atom stereocenters. The Labute approximate surface area is 185 Å². The number of rotatable bonds is 6. The van der Waals surface area contributed by atoms with Crippen LogP contribution in [0.3, 0.4) is 0 Å². The summed E-state index contributed by atoms with van der Waals surface area (Å²) in [6.45, 7) is 12.3. The highest BCUT2D eigenvalue weighted by atomic mass is 16.3. The van der Waals surface area contributed by atoms with E-state index in [1.54, 1.807) is 0 Å². The Morgan fingerprint density at radius 1 is 1.07 bits per heavy atom. The van der Waals surface area contributed by atoms with E-state index in [4.69, 9.17) is 5.73 Å². The fraction of sp³-hybridized carbons (Fsp3) is 0.926. The Morgan fingerprint density at radius 2 is 1.83 bits per heavy atom. The smallest absolute Gasteiger partial charge is 0.0957 e. The van der Waals surface area contributed by atoms with Gasteiger partial charge in [0, 0.05) is 5.54 Å². The molecule has 4 aliphatic rings. The van der Waals surface area contributed by atoms with Gasteiger partial charge in [0.2, 0.25) is 0 Å². The minimum atomic E-state index is -0.0565. The zero-order valence-corrected chi connectivity index (χ0v) is 20.3. The van der Waals surface area contributed by atoms with Crippen LogP contribution in [0.5, 0.6) is 0 Å². The van der Waals surface area contributed by atoms with Gasteiger partial charge in [0.1, 0.15) is 0 Å². The van der Waals surface area contributed by atoms with Crippen LogP contribution < -0.4 is 5.73 Å². The molecule has 0 radical (unpaired) electrons. The third-order valence-electron chi connectivity index (χ3n) is 10.6. The van der Waals surface area contributed by atoms with Crippen molar-refractivity contribution >= 4 is 0 Å². The van der Waals surface area contributed by atoms with Crippen molar-refractivity contribution in [3.8, 4) is 0 Å². The van der Waals surface area contributed by atoms with Gasteiger partial charge in [0.05, 0.1) is 6.04 Å². The number of nitroso groups, excluding NO2 is 1. The summed E-state index contributed by atoms with van der Waals surface area (Å²) in [6, 6.07) is -0.00833. The van der Waals surface area contributed by atoms with Crippen molar-refractivity contribution in [3.05, 3.63) is 16.6 Å². The first-order valence-corrected chi connectivity index (χ1v) is 13.0. The summed E-state index contributed by atoms with van der Waals surface area (Å²) in [5.74, 6) is 3.70. The highest BCUT2D eigenvalue weighted by Gasteiger charge is 2.64. The molecule has 0 aromatic heterocycles. The predicted octanol–water partition coefficient (Wildman–Crippen LogP) is 7.24. The van der Waals surface area contributed by atoms with Crippen LogP contribution in [-0.2, 0) is 0 Å². The molecular formula is C27H46N2O. The number of hydrogen-bond acceptors (Lipinski definition) is 3. The van der Waals surface area contributed by atoms with Gasteiger partial charge in [-0.05, 0) is 91.8 Å². The van der Waals surface area contributed by atoms with Gasteiger partial charge in [0.15, 0.2) is 0 Å². The maximum atomic E-state index is 11.2. The largest absolute Gasteiger partial charge is 0.324 e. The summed E-state index contributed by atoms with van der Waals surface area (Å²) in [5.41, 5.74) is 9.51. The first kappa shape index (κ1) is 22.5. The fourth-order valence-corrected chi connectivity index (χ4v) is 8.97. The molecular weight excluding hydrogens is 368 g/mol. The van der Waals surface area contributed by atoms with Crippen LogP contribution in [0, 0.1) is 45.3 Å². The molecule has 3 fully saturated rings. The molecule has 170 valence electrons. The van der Waals surface area contributed by atoms with E-state index >= 15 is 0 Å². The van der Waals surface area contributed by atoms with E-state index < -0.39 is 0 Å². The van der Waals surface area contributed by atoms with Gasteiger partial charge in [-0.3, -0.25) is 0 Å². The molecule has 0 aromatic carbocycles. The Kier molecular flexibility index (Phi) is 6.01. The van der Waals surface area contributed by atoms with Crippen LogP contribution >= 0.6 is 0 Å². The number of hydrogen-bond donors (Lipinski definition) is 1. The zero-order chi connectivity index (χ0) is 21.7. The van der Waals surface area contributed by atoms with Gasteiger partial charge < -0.3 is 5.73 Å². The van der Waals surface area contributed by atoms with Crippen LogP contribution in [0.15, 0.2) is 16.8 Å². The second kappa shape index (κ2) is 8.01. The molecule has 3 saturated carbocycles. The van der Waals surface area contributed by atoms with E-state index in [-0.39, 0.29) is 17.0 Å². The van der Waals surface area contributed by atoms with Gasteiger partial charge in [-0.25, -0.2) is 0 Å². The van der Waals surface area contributed by atoms with Gasteiger partial charge >= 0.3 is 0 Å². The minimum Gasteiger partial charge on any atom is -0.324 e. The molecule has 4 rings (SSSR count). The van der Waals surface area contributed by atoms with Gasteiger partial charge in [-0.15, -0.1) is 0 Å². The first-order valence-electron chi connectivity index (χ1n) is 13.0. The Balaban J connectivity index is 1.55. The molecule has 2 N–H and O–H groups in total. The Hall–Kier alpha value is -0.700. The van der Waals surface area contributed by atoms with E-state index in [0.29, 0.717) is 17.3 Å². The van der Waals surface area contributed by atoms with E-state index in [2.05, 4.69) is 45.9 Å². The molecule has 30 heavy (non-hydrogen) atoms. The summed E-state index contributed by atoms with van der Waals surface area (Å²) in [4.78, 5) is 11.2. The number of fused-ring (bicyclic) bond motifs is 5. The standard InChI is InChI=1S/C27H46N2O/c1-18(2)7-6-8-19(3)22-9-10-23-26(22,5)15-13-24-25(4)14-12-21(29-30)17-20(25)11-16-27(23,24)28/h11,18-19,21-24H,6-10,12-17,28H2,1-5H3/t19-,21?,22-,23-,24-,25+,26?,27-/m1/s1. The molecule has 0 heterocycles. The minimum absolute atomic E-state index is 0.00833. The third-order valence-corrected chi connectivity index (χ3v) is 10.6. The van der Waals surface area contributed by atoms with Crippen LogP contribution in [0.1, 0.15) is 105 Å². The van der Waals surface area contributed by atoms with Crippen molar-refractivity contribution < 1.29 is 0 Å². The van der Waals surface area contributed by atoms with Gasteiger partial charge in [-0.2, -0.15) is 4.91 Å². The molecule has 0 saturated heterocycles. The van der Waals surface area contributed by atoms with E-state index in [0.717, 1.165) is 43.4 Å². The quantitative estimate of drug-likeness (QED) is 0.368. The second-order valence-electron chi connectivity index (χ2n) is 12.6. The summed E-state index contributed by atoms with van der Waals surface area (Å²) in [6.07, 6.45) is 15.8. The molecule has 4 aliphatic carbocycles. The predicted molar refractivity (Wildman–Crippen MR) is 126 cm³/mol. The second-order valence-corrected chi connectivity index (χ2v) is 12.6. The van der Waals surface area contributed by atoms with Crippen molar-refractivity contribution in [2.75, 3.05) is 0 Å². The Bertz CT molecular complexity index is 686. The van der Waals surface area contributed by atoms with Crippen molar-refractivity contribution in [1.29, 1.82) is 0 Å². The molecule has 3 heteroatoms. The molecule has 3 nitrogen and oxygen atoms in total. The SMILES string of the molecule is CC(C)CCC[C@@H](C)[C@H]1CC[C@@H]2C1(C)CC[C@H]1[C@@]2(N)CC=C2CC(N=O)CC[C@@]21C. The summed E-state index contributed by atoms with van der Waals surface area (Å²) < 4.78 is 0. The van der Waals surface area contributed by atoms with Crippen molar-refractivity contribution in [1.82, 2.24) is 0 Å². The van der Waals surface area contributed by atoms with Crippen LogP contribution in [0.4, 0.5) is 0 Å². The maximum Gasteiger partial charge on any atom is 0.0957 e. The third kappa shape index (κ3) is 3.42. The van der Waals surface area contributed by atoms with E-state index in [1.165, 1.54) is 50.5 Å². The van der Waals surface area contributed by atoms with Crippen molar-refractivity contribution in [2.24, 2.45) is 51.3 Å². The number of nitrogens with zero attached hydrogens (tertiary/aromatic N) is 1. The van der Waals surface area contributed by atoms with Crippen LogP contribution in [0.2, 0.25) is 0 Å². The molecule has 0 aromatic rings. The highest BCUT2D eigenvalue weighted by molar-refractivity contribution is 5.31. The number of nitrogens with two attached hydrogens (primary N) is 1. The fourth-order valence-electron chi connectivity index (χ4n) is 8.97. The lowest BCUT2D eigenvalue weighted by molar-refractivity contribution is -0.0684.